The minimum Gasteiger partial charge on any atom is -0.299 e. The molecule has 133 heavy (non-hydrogen) atoms. The summed E-state index contributed by atoms with van der Waals surface area (Å²) in [7, 11) is -24.6. The van der Waals surface area contributed by atoms with Crippen molar-refractivity contribution in [2.75, 3.05) is 19.6 Å². The minimum atomic E-state index is -4.16. The summed E-state index contributed by atoms with van der Waals surface area (Å²) in [5.41, 5.74) is 9.81. The van der Waals surface area contributed by atoms with Crippen LogP contribution in [0.5, 0.6) is 0 Å². The first-order valence-corrected chi connectivity index (χ1v) is 53.7. The van der Waals surface area contributed by atoms with Gasteiger partial charge in [-0.2, -0.15) is 25.8 Å². The maximum absolute atomic E-state index is 14.7. The Morgan fingerprint density at radius 2 is 0.451 bits per heavy atom. The predicted molar refractivity (Wildman–Crippen MR) is 516 cm³/mol. The third kappa shape index (κ3) is 19.7. The fourth-order valence-electron chi connectivity index (χ4n) is 19.4. The number of sulfonamides is 6. The standard InChI is InChI=1S/2C34H32Cl2N2O5S2.C34H34N2O5S2/c1-22-3-7-24(8-4-22)31-19-33-30(21-37(31)44(40,41)28-15-11-26(35)12-16-28)34(39)20-32(25-9-5-23(2)6-10-25)38(33)45(42,43)29-17-13-27(36)14-18-29;1-22-7-9-24(10-8-22)30-19-32-29(21-37(30)44(40,41)28-17-15-27(36)16-18-28)33(39)20-31(25-11-13-26(35)14-12-25)38(32)45(42,43)34-6-4-3-5-23(34)2;1-24-13-17-27(18-14-24)31-21-33-30(23-35(31)42(38,39)28-11-7-4-8-12-28)34(37)22-32(26-9-5-3-6-10-26)36(33)43(40,41)29-19-15-25(2)16-20-29/h3-18,30-33H,19-21H2,1-2H3;3-18,29-32H,19-21H2,1-2H3;3-20,30-33H,21-23H2,1-2H3/t30-,31+,32+,33+;29-,30+,31+,32+;30-,31+,32+,33+/m111/s1. The maximum Gasteiger partial charge on any atom is 0.244 e. The SMILES string of the molecule is Cc1ccc([C@@H]2C[C@H]3[C@@H](CN2S(=O)(=O)c2ccc(Cl)cc2)C(=O)C[C@@H](c2ccc(C)cc2)N3S(=O)(=O)c2ccc(Cl)cc2)cc1.Cc1ccc([C@@H]2C[C@H]3[C@@H](CN2S(=O)(=O)c2ccc(Cl)cc2)C(=O)C[C@@H](c2ccc(Cl)cc2)N3S(=O)(=O)c2ccccc2C)cc1.Cc1ccc([C@@H]2C[C@H]3[C@@H](CN2S(=O)(=O)c2ccccc2)C(=O)C[C@@H](c2ccccc2)N3S(=O)(=O)c2ccc(C)cc2)cc1. The molecule has 21 nitrogen and oxygen atoms in total. The Bertz CT molecular complexity index is 7060. The van der Waals surface area contributed by atoms with E-state index in [9.17, 15) is 64.9 Å². The summed E-state index contributed by atoms with van der Waals surface area (Å²) in [5, 5.41) is 1.69. The highest BCUT2D eigenvalue weighted by molar-refractivity contribution is 7.90. The summed E-state index contributed by atoms with van der Waals surface area (Å²) >= 11 is 24.4. The molecule has 0 unspecified atom stereocenters. The number of hydrogen-bond acceptors (Lipinski definition) is 15. The molecule has 0 aliphatic carbocycles. The smallest absolute Gasteiger partial charge is 0.244 e. The Balaban J connectivity index is 0.000000145. The minimum absolute atomic E-state index is 0.0370. The van der Waals surface area contributed by atoms with Crippen LogP contribution in [0.4, 0.5) is 0 Å². The number of carbonyl (C=O) groups is 3. The van der Waals surface area contributed by atoms with Crippen LogP contribution >= 0.6 is 46.4 Å². The number of nitrogens with zero attached hydrogens (tertiary/aromatic N) is 6. The van der Waals surface area contributed by atoms with Crippen molar-refractivity contribution in [2.24, 2.45) is 17.8 Å². The number of carbonyl (C=O) groups excluding carboxylic acids is 3. The molecule has 0 bridgehead atoms. The molecule has 12 aromatic rings. The summed E-state index contributed by atoms with van der Waals surface area (Å²) in [6, 6.07) is 79.1. The van der Waals surface area contributed by atoms with E-state index in [-0.39, 0.29) is 105 Å². The molecule has 12 atom stereocenters. The van der Waals surface area contributed by atoms with E-state index in [0.29, 0.717) is 47.9 Å². The van der Waals surface area contributed by atoms with E-state index in [2.05, 4.69) is 0 Å². The van der Waals surface area contributed by atoms with Crippen LogP contribution in [0.25, 0.3) is 0 Å². The third-order valence-electron chi connectivity index (χ3n) is 26.4. The van der Waals surface area contributed by atoms with Gasteiger partial charge in [0.05, 0.1) is 65.6 Å². The molecule has 0 aromatic heterocycles. The molecule has 690 valence electrons. The average molecular weight is 1980 g/mol. The maximum atomic E-state index is 14.7. The first-order valence-electron chi connectivity index (χ1n) is 43.6. The van der Waals surface area contributed by atoms with Crippen molar-refractivity contribution in [1.29, 1.82) is 0 Å². The number of aryl methyl sites for hydroxylation is 6. The Kier molecular flexibility index (Phi) is 28.4. The fourth-order valence-corrected chi connectivity index (χ4v) is 30.7. The molecule has 12 aromatic carbocycles. The van der Waals surface area contributed by atoms with E-state index in [1.807, 2.05) is 162 Å². The van der Waals surface area contributed by atoms with Gasteiger partial charge in [-0.05, 0) is 215 Å². The first-order chi connectivity index (χ1) is 63.3. The lowest BCUT2D eigenvalue weighted by atomic mass is 9.77. The summed E-state index contributed by atoms with van der Waals surface area (Å²) in [5.74, 6) is -3.07. The van der Waals surface area contributed by atoms with Gasteiger partial charge in [-0.3, -0.25) is 14.4 Å². The van der Waals surface area contributed by atoms with Crippen LogP contribution in [0.3, 0.4) is 0 Å². The second-order valence-electron chi connectivity index (χ2n) is 34.9. The van der Waals surface area contributed by atoms with E-state index in [1.54, 1.807) is 110 Å². The highest BCUT2D eigenvalue weighted by atomic mass is 35.5. The Hall–Kier alpha value is -9.73. The Morgan fingerprint density at radius 3 is 0.752 bits per heavy atom. The largest absolute Gasteiger partial charge is 0.299 e. The molecule has 31 heteroatoms. The zero-order valence-electron chi connectivity index (χ0n) is 73.4. The number of fused-ring (bicyclic) bond motifs is 3. The van der Waals surface area contributed by atoms with Crippen molar-refractivity contribution in [3.05, 3.63) is 390 Å². The fraction of sp³-hybridized carbons (Fsp3) is 0.265. The van der Waals surface area contributed by atoms with E-state index in [0.717, 1.165) is 38.9 Å². The highest BCUT2D eigenvalue weighted by Crippen LogP contribution is 2.53. The monoisotopic (exact) mass is 1980 g/mol. The van der Waals surface area contributed by atoms with Crippen molar-refractivity contribution in [2.45, 2.75) is 164 Å². The molecule has 18 rings (SSSR count). The number of benzene rings is 12. The van der Waals surface area contributed by atoms with Crippen LogP contribution < -0.4 is 0 Å². The van der Waals surface area contributed by atoms with E-state index < -0.39 is 132 Å². The number of rotatable bonds is 18. The molecular weight excluding hydrogens is 1880 g/mol. The normalized spacial score (nSPS) is 23.2. The molecule has 6 aliphatic rings. The Labute approximate surface area is 799 Å². The molecule has 6 saturated heterocycles. The zero-order chi connectivity index (χ0) is 94.5. The van der Waals surface area contributed by atoms with Crippen LogP contribution in [0.15, 0.2) is 333 Å². The average Bonchev–Trinajstić information content (AvgIpc) is 0.729. The van der Waals surface area contributed by atoms with E-state index in [4.69, 9.17) is 46.4 Å². The van der Waals surface area contributed by atoms with Crippen LogP contribution in [0, 0.1) is 59.3 Å². The molecule has 6 fully saturated rings. The quantitative estimate of drug-likeness (QED) is 0.0772. The van der Waals surface area contributed by atoms with Crippen molar-refractivity contribution in [1.82, 2.24) is 25.8 Å². The topological polar surface area (TPSA) is 275 Å². The third-order valence-corrected chi connectivity index (χ3v) is 39.1. The van der Waals surface area contributed by atoms with Crippen LogP contribution in [0.1, 0.15) is 142 Å². The van der Waals surface area contributed by atoms with Gasteiger partial charge in [0, 0.05) is 94.9 Å². The Morgan fingerprint density at radius 1 is 0.233 bits per heavy atom. The van der Waals surface area contributed by atoms with E-state index in [1.165, 1.54) is 98.6 Å². The first kappa shape index (κ1) is 96.4. The van der Waals surface area contributed by atoms with Crippen LogP contribution in [0.2, 0.25) is 20.1 Å². The molecule has 6 aliphatic heterocycles. The van der Waals surface area contributed by atoms with Crippen molar-refractivity contribution in [3.63, 3.8) is 0 Å². The molecule has 0 N–H and O–H groups in total. The van der Waals surface area contributed by atoms with Gasteiger partial charge in [0.2, 0.25) is 60.1 Å². The van der Waals surface area contributed by atoms with Gasteiger partial charge < -0.3 is 0 Å². The van der Waals surface area contributed by atoms with Crippen LogP contribution in [-0.4, -0.2) is 131 Å². The molecule has 0 radical (unpaired) electrons. The molecule has 0 spiro atoms. The van der Waals surface area contributed by atoms with Crippen molar-refractivity contribution >= 4 is 124 Å². The molecule has 6 heterocycles. The number of ketones is 3. The predicted octanol–water partition coefficient (Wildman–Crippen LogP) is 20.1. The second kappa shape index (κ2) is 39.2. The van der Waals surface area contributed by atoms with Gasteiger partial charge in [0.15, 0.2) is 0 Å². The summed E-state index contributed by atoms with van der Waals surface area (Å²) < 4.78 is 181. The van der Waals surface area contributed by atoms with Gasteiger partial charge in [-0.25, -0.2) is 50.5 Å². The molecule has 0 amide bonds. The van der Waals surface area contributed by atoms with Gasteiger partial charge in [0.1, 0.15) is 17.3 Å². The molecule has 0 saturated carbocycles. The number of piperidine rings is 6. The second-order valence-corrected chi connectivity index (χ2v) is 47.8. The van der Waals surface area contributed by atoms with Gasteiger partial charge in [0.25, 0.3) is 0 Å². The number of hydrogen-bond donors (Lipinski definition) is 0. The lowest BCUT2D eigenvalue weighted by Gasteiger charge is -2.51. The van der Waals surface area contributed by atoms with Gasteiger partial charge >= 0.3 is 0 Å². The number of halogens is 4. The van der Waals surface area contributed by atoms with Crippen molar-refractivity contribution in [3.8, 4) is 0 Å². The van der Waals surface area contributed by atoms with Crippen molar-refractivity contribution < 1.29 is 64.9 Å². The van der Waals surface area contributed by atoms with E-state index >= 15 is 0 Å². The summed E-state index contributed by atoms with van der Waals surface area (Å²) in [6.07, 6.45) is 0.0899. The highest BCUT2D eigenvalue weighted by Gasteiger charge is 2.59. The number of Topliss-reactive ketones (excluding diaryl/α,β-unsaturated/α-hetero) is 3. The zero-order valence-corrected chi connectivity index (χ0v) is 81.4. The van der Waals surface area contributed by atoms with Gasteiger partial charge in [-0.15, -0.1) is 0 Å². The summed E-state index contributed by atoms with van der Waals surface area (Å²) in [4.78, 5) is 42.5. The van der Waals surface area contributed by atoms with Gasteiger partial charge in [-0.1, -0.05) is 262 Å². The molecular formula is C102H98Cl4N6O15S6. The lowest BCUT2D eigenvalue weighted by molar-refractivity contribution is -0.133. The summed E-state index contributed by atoms with van der Waals surface area (Å²) in [6.45, 7) is 11.0. The van der Waals surface area contributed by atoms with Crippen LogP contribution in [-0.2, 0) is 74.5 Å². The lowest BCUT2D eigenvalue weighted by Crippen LogP contribution is -2.61.